The smallest absolute Gasteiger partial charge is 0.161 e. The topological polar surface area (TPSA) is 0 Å². The molecule has 1 aliphatic rings. The minimum atomic E-state index is -0.719. The third-order valence-corrected chi connectivity index (χ3v) is 6.88. The van der Waals surface area contributed by atoms with Crippen molar-refractivity contribution in [1.82, 2.24) is 0 Å². The van der Waals surface area contributed by atoms with Gasteiger partial charge in [0.2, 0.25) is 0 Å². The standard InChI is InChI=1S/C29H38F2/c1-3-5-7-22-10-16-25(17-11-22)26-18-12-23(13-19-26)8-9-24-14-20-27(21-15-24)29(31)28(30)6-4-2/h12-15,18-22,25H,3-11,16-17H2,1-2H3/b29-28-. The molecule has 0 heterocycles. The van der Waals surface area contributed by atoms with Crippen LogP contribution in [0.15, 0.2) is 54.4 Å². The molecular weight excluding hydrogens is 386 g/mol. The van der Waals surface area contributed by atoms with Gasteiger partial charge >= 0.3 is 0 Å². The molecule has 0 atom stereocenters. The van der Waals surface area contributed by atoms with E-state index in [4.69, 9.17) is 0 Å². The maximum Gasteiger partial charge on any atom is 0.161 e. The van der Waals surface area contributed by atoms with Gasteiger partial charge < -0.3 is 0 Å². The number of hydrogen-bond donors (Lipinski definition) is 0. The molecule has 1 aliphatic carbocycles. The second kappa shape index (κ2) is 12.2. The molecule has 0 radical (unpaired) electrons. The fourth-order valence-electron chi connectivity index (χ4n) is 4.83. The molecule has 2 heteroatoms. The van der Waals surface area contributed by atoms with Gasteiger partial charge in [-0.1, -0.05) is 81.6 Å². The lowest BCUT2D eigenvalue weighted by atomic mass is 9.77. The van der Waals surface area contributed by atoms with E-state index in [-0.39, 0.29) is 6.42 Å². The summed E-state index contributed by atoms with van der Waals surface area (Å²) in [6.45, 7) is 4.14. The van der Waals surface area contributed by atoms with Crippen molar-refractivity contribution < 1.29 is 8.78 Å². The Morgan fingerprint density at radius 1 is 0.774 bits per heavy atom. The average molecular weight is 425 g/mol. The quantitative estimate of drug-likeness (QED) is 0.356. The number of rotatable bonds is 10. The third-order valence-electron chi connectivity index (χ3n) is 6.88. The summed E-state index contributed by atoms with van der Waals surface area (Å²) in [6, 6.07) is 16.4. The number of unbranched alkanes of at least 4 members (excludes halogenated alkanes) is 1. The van der Waals surface area contributed by atoms with E-state index in [1.54, 1.807) is 12.1 Å². The van der Waals surface area contributed by atoms with Crippen molar-refractivity contribution in [3.8, 4) is 0 Å². The van der Waals surface area contributed by atoms with Crippen LogP contribution in [0.3, 0.4) is 0 Å². The summed E-state index contributed by atoms with van der Waals surface area (Å²) in [7, 11) is 0. The lowest BCUT2D eigenvalue weighted by Gasteiger charge is -2.29. The second-order valence-corrected chi connectivity index (χ2v) is 9.27. The Hall–Kier alpha value is -1.96. The molecule has 2 aromatic rings. The first-order valence-electron chi connectivity index (χ1n) is 12.3. The predicted octanol–water partition coefficient (Wildman–Crippen LogP) is 9.34. The molecule has 31 heavy (non-hydrogen) atoms. The number of benzene rings is 2. The van der Waals surface area contributed by atoms with Gasteiger partial charge in [0.15, 0.2) is 5.83 Å². The minimum absolute atomic E-state index is 0.157. The zero-order valence-corrected chi connectivity index (χ0v) is 19.3. The van der Waals surface area contributed by atoms with Gasteiger partial charge in [0.1, 0.15) is 5.83 Å². The highest BCUT2D eigenvalue weighted by atomic mass is 19.2. The van der Waals surface area contributed by atoms with Crippen molar-refractivity contribution in [3.05, 3.63) is 76.6 Å². The highest BCUT2D eigenvalue weighted by Gasteiger charge is 2.21. The highest BCUT2D eigenvalue weighted by molar-refractivity contribution is 5.61. The zero-order valence-electron chi connectivity index (χ0n) is 19.3. The van der Waals surface area contributed by atoms with Crippen LogP contribution in [0.25, 0.3) is 5.83 Å². The van der Waals surface area contributed by atoms with Crippen LogP contribution in [-0.2, 0) is 12.8 Å². The van der Waals surface area contributed by atoms with Crippen molar-refractivity contribution in [2.75, 3.05) is 0 Å². The molecule has 1 saturated carbocycles. The van der Waals surface area contributed by atoms with Crippen molar-refractivity contribution in [1.29, 1.82) is 0 Å². The Morgan fingerprint density at radius 3 is 1.90 bits per heavy atom. The normalized spacial score (nSPS) is 19.9. The Bertz CT molecular complexity index is 809. The van der Waals surface area contributed by atoms with Crippen LogP contribution in [-0.4, -0.2) is 0 Å². The van der Waals surface area contributed by atoms with E-state index in [1.165, 1.54) is 56.1 Å². The van der Waals surface area contributed by atoms with Crippen molar-refractivity contribution in [2.24, 2.45) is 5.92 Å². The van der Waals surface area contributed by atoms with Crippen LogP contribution in [0.5, 0.6) is 0 Å². The minimum Gasteiger partial charge on any atom is -0.209 e. The average Bonchev–Trinajstić information content (AvgIpc) is 2.82. The van der Waals surface area contributed by atoms with E-state index in [1.807, 2.05) is 19.1 Å². The van der Waals surface area contributed by atoms with Crippen molar-refractivity contribution in [3.63, 3.8) is 0 Å². The Kier molecular flexibility index (Phi) is 9.31. The number of hydrogen-bond acceptors (Lipinski definition) is 0. The number of allylic oxidation sites excluding steroid dienone is 1. The van der Waals surface area contributed by atoms with Crippen LogP contribution < -0.4 is 0 Å². The van der Waals surface area contributed by atoms with Crippen molar-refractivity contribution >= 4 is 5.83 Å². The first-order valence-corrected chi connectivity index (χ1v) is 12.3. The maximum absolute atomic E-state index is 14.1. The van der Waals surface area contributed by atoms with Crippen LogP contribution in [0.4, 0.5) is 8.78 Å². The largest absolute Gasteiger partial charge is 0.209 e. The molecule has 3 rings (SSSR count). The third kappa shape index (κ3) is 7.02. The fourth-order valence-corrected chi connectivity index (χ4v) is 4.83. The van der Waals surface area contributed by atoms with E-state index in [0.29, 0.717) is 12.0 Å². The first kappa shape index (κ1) is 23.7. The Labute approximate surface area is 187 Å². The summed E-state index contributed by atoms with van der Waals surface area (Å²) >= 11 is 0. The molecule has 0 saturated heterocycles. The summed E-state index contributed by atoms with van der Waals surface area (Å²) in [5.74, 6) is 0.317. The van der Waals surface area contributed by atoms with Gasteiger partial charge in [-0.15, -0.1) is 0 Å². The molecule has 0 spiro atoms. The number of aryl methyl sites for hydroxylation is 2. The molecule has 0 nitrogen and oxygen atoms in total. The van der Waals surface area contributed by atoms with Gasteiger partial charge in [-0.3, -0.25) is 0 Å². The van der Waals surface area contributed by atoms with Gasteiger partial charge in [0.05, 0.1) is 0 Å². The van der Waals surface area contributed by atoms with E-state index in [0.717, 1.165) is 30.2 Å². The van der Waals surface area contributed by atoms with E-state index >= 15 is 0 Å². The predicted molar refractivity (Wildman–Crippen MR) is 129 cm³/mol. The van der Waals surface area contributed by atoms with Gasteiger partial charge in [0, 0.05) is 12.0 Å². The molecule has 168 valence electrons. The highest BCUT2D eigenvalue weighted by Crippen LogP contribution is 2.37. The lowest BCUT2D eigenvalue weighted by molar-refractivity contribution is 0.304. The van der Waals surface area contributed by atoms with E-state index < -0.39 is 11.7 Å². The molecule has 2 aromatic carbocycles. The van der Waals surface area contributed by atoms with Crippen LogP contribution >= 0.6 is 0 Å². The Morgan fingerprint density at radius 2 is 1.35 bits per heavy atom. The summed E-state index contributed by atoms with van der Waals surface area (Å²) < 4.78 is 27.8. The molecule has 0 aliphatic heterocycles. The molecule has 0 N–H and O–H groups in total. The first-order chi connectivity index (χ1) is 15.1. The molecule has 0 amide bonds. The van der Waals surface area contributed by atoms with Crippen LogP contribution in [0, 0.1) is 5.92 Å². The molecule has 0 bridgehead atoms. The monoisotopic (exact) mass is 424 g/mol. The van der Waals surface area contributed by atoms with Gasteiger partial charge in [-0.2, -0.15) is 0 Å². The lowest BCUT2D eigenvalue weighted by Crippen LogP contribution is -2.13. The summed E-state index contributed by atoms with van der Waals surface area (Å²) in [6.07, 6.45) is 12.2. The maximum atomic E-state index is 14.1. The van der Waals surface area contributed by atoms with E-state index in [9.17, 15) is 8.78 Å². The number of halogens is 2. The van der Waals surface area contributed by atoms with Crippen LogP contribution in [0.2, 0.25) is 0 Å². The SMILES string of the molecule is CCCCC1CCC(c2ccc(CCc3ccc(/C(F)=C(/F)CCC)cc3)cc2)CC1. The molecule has 1 fully saturated rings. The molecule has 0 aromatic heterocycles. The van der Waals surface area contributed by atoms with Crippen molar-refractivity contribution in [2.45, 2.75) is 90.4 Å². The van der Waals surface area contributed by atoms with E-state index in [2.05, 4.69) is 31.2 Å². The second-order valence-electron chi connectivity index (χ2n) is 9.27. The van der Waals surface area contributed by atoms with Gasteiger partial charge in [-0.05, 0) is 73.5 Å². The summed E-state index contributed by atoms with van der Waals surface area (Å²) in [5.41, 5.74) is 4.33. The Balaban J connectivity index is 1.49. The van der Waals surface area contributed by atoms with Crippen LogP contribution in [0.1, 0.15) is 99.8 Å². The van der Waals surface area contributed by atoms with Gasteiger partial charge in [-0.25, -0.2) is 8.78 Å². The summed E-state index contributed by atoms with van der Waals surface area (Å²) in [4.78, 5) is 0. The zero-order chi connectivity index (χ0) is 22.1. The van der Waals surface area contributed by atoms with Gasteiger partial charge in [0.25, 0.3) is 0 Å². The summed E-state index contributed by atoms with van der Waals surface area (Å²) in [5, 5.41) is 0. The molecular formula is C29H38F2. The fraction of sp³-hybridized carbons (Fsp3) is 0.517. The molecule has 0 unspecified atom stereocenters.